The van der Waals surface area contributed by atoms with Crippen molar-refractivity contribution >= 4 is 17.7 Å². The predicted octanol–water partition coefficient (Wildman–Crippen LogP) is 3.65. The number of amides is 1. The van der Waals surface area contributed by atoms with Gasteiger partial charge in [-0.25, -0.2) is 0 Å². The van der Waals surface area contributed by atoms with Crippen molar-refractivity contribution in [2.24, 2.45) is 0 Å². The van der Waals surface area contributed by atoms with Crippen molar-refractivity contribution < 1.29 is 23.4 Å². The molecule has 0 radical (unpaired) electrons. The number of carbonyl (C=O) groups excluding carboxylic acids is 1. The standard InChI is InChI=1S/C20H27N3O5S/c1-25-15-11-14(12-16(26-2)18(15)27-3)19-21-22-20(28-19)29-13-17(24)23-9-7-5-4-6-8-10-23/h11-12H,4-10,13H2,1-3H3. The van der Waals surface area contributed by atoms with Gasteiger partial charge in [0.25, 0.3) is 5.22 Å². The molecule has 1 aliphatic heterocycles. The van der Waals surface area contributed by atoms with E-state index < -0.39 is 0 Å². The maximum absolute atomic E-state index is 12.5. The number of likely N-dealkylation sites (tertiary alicyclic amines) is 1. The van der Waals surface area contributed by atoms with Gasteiger partial charge in [0.1, 0.15) is 0 Å². The van der Waals surface area contributed by atoms with Gasteiger partial charge >= 0.3 is 0 Å². The number of methoxy groups -OCH3 is 3. The zero-order chi connectivity index (χ0) is 20.6. The second-order valence-corrected chi connectivity index (χ2v) is 7.65. The Balaban J connectivity index is 1.67. The van der Waals surface area contributed by atoms with Crippen LogP contribution in [-0.4, -0.2) is 61.2 Å². The summed E-state index contributed by atoms with van der Waals surface area (Å²) in [6.07, 6.45) is 5.80. The Morgan fingerprint density at radius 3 is 2.21 bits per heavy atom. The van der Waals surface area contributed by atoms with Crippen molar-refractivity contribution in [2.75, 3.05) is 40.2 Å². The molecule has 1 aromatic heterocycles. The van der Waals surface area contributed by atoms with E-state index in [2.05, 4.69) is 10.2 Å². The van der Waals surface area contributed by atoms with Gasteiger partial charge in [-0.2, -0.15) is 0 Å². The molecule has 1 saturated heterocycles. The monoisotopic (exact) mass is 421 g/mol. The molecule has 2 heterocycles. The first-order chi connectivity index (χ1) is 14.2. The average Bonchev–Trinajstić information content (AvgIpc) is 3.19. The minimum atomic E-state index is 0.115. The molecule has 2 aromatic rings. The Morgan fingerprint density at radius 1 is 1.00 bits per heavy atom. The summed E-state index contributed by atoms with van der Waals surface area (Å²) in [5.74, 6) is 2.22. The quantitative estimate of drug-likeness (QED) is 0.626. The molecule has 0 unspecified atom stereocenters. The third-order valence-corrected chi connectivity index (χ3v) is 5.65. The van der Waals surface area contributed by atoms with E-state index in [1.54, 1.807) is 33.5 Å². The molecular formula is C20H27N3O5S. The first kappa shape index (κ1) is 21.3. The molecule has 0 atom stereocenters. The summed E-state index contributed by atoms with van der Waals surface area (Å²) in [7, 11) is 4.64. The van der Waals surface area contributed by atoms with Crippen molar-refractivity contribution in [3.8, 4) is 28.7 Å². The number of nitrogens with zero attached hydrogens (tertiary/aromatic N) is 3. The third-order valence-electron chi connectivity index (χ3n) is 4.85. The van der Waals surface area contributed by atoms with Crippen LogP contribution in [0.1, 0.15) is 32.1 Å². The van der Waals surface area contributed by atoms with Crippen LogP contribution in [0.5, 0.6) is 17.2 Å². The maximum atomic E-state index is 12.5. The van der Waals surface area contributed by atoms with Crippen LogP contribution in [0.15, 0.2) is 21.8 Å². The van der Waals surface area contributed by atoms with Crippen LogP contribution < -0.4 is 14.2 Å². The number of hydrogen-bond acceptors (Lipinski definition) is 8. The SMILES string of the molecule is COc1cc(-c2nnc(SCC(=O)N3CCCCCCC3)o2)cc(OC)c1OC. The second kappa shape index (κ2) is 10.4. The summed E-state index contributed by atoms with van der Waals surface area (Å²) in [5.41, 5.74) is 0.647. The average molecular weight is 422 g/mol. The topological polar surface area (TPSA) is 86.9 Å². The molecule has 0 bridgehead atoms. The van der Waals surface area contributed by atoms with Crippen molar-refractivity contribution in [3.05, 3.63) is 12.1 Å². The largest absolute Gasteiger partial charge is 0.493 e. The highest BCUT2D eigenvalue weighted by atomic mass is 32.2. The van der Waals surface area contributed by atoms with Crippen LogP contribution in [-0.2, 0) is 4.79 Å². The number of carbonyl (C=O) groups is 1. The fourth-order valence-electron chi connectivity index (χ4n) is 3.30. The minimum absolute atomic E-state index is 0.115. The molecule has 0 spiro atoms. The number of benzene rings is 1. The lowest BCUT2D eigenvalue weighted by atomic mass is 10.1. The van der Waals surface area contributed by atoms with Gasteiger partial charge in [-0.1, -0.05) is 31.0 Å². The van der Waals surface area contributed by atoms with Crippen molar-refractivity contribution in [1.82, 2.24) is 15.1 Å². The van der Waals surface area contributed by atoms with E-state index in [9.17, 15) is 4.79 Å². The van der Waals surface area contributed by atoms with Gasteiger partial charge in [-0.05, 0) is 25.0 Å². The summed E-state index contributed by atoms with van der Waals surface area (Å²) in [4.78, 5) is 14.5. The summed E-state index contributed by atoms with van der Waals surface area (Å²) in [5, 5.41) is 8.51. The zero-order valence-corrected chi connectivity index (χ0v) is 17.9. The first-order valence-electron chi connectivity index (χ1n) is 9.70. The van der Waals surface area contributed by atoms with Crippen LogP contribution in [0.4, 0.5) is 0 Å². The zero-order valence-electron chi connectivity index (χ0n) is 17.1. The minimum Gasteiger partial charge on any atom is -0.493 e. The van der Waals surface area contributed by atoms with Crippen LogP contribution in [0, 0.1) is 0 Å². The van der Waals surface area contributed by atoms with Crippen LogP contribution in [0.25, 0.3) is 11.5 Å². The Labute approximate surface area is 174 Å². The fraction of sp³-hybridized carbons (Fsp3) is 0.550. The van der Waals surface area contributed by atoms with E-state index in [0.29, 0.717) is 33.9 Å². The molecule has 9 heteroatoms. The molecule has 3 rings (SSSR count). The highest BCUT2D eigenvalue weighted by Crippen LogP contribution is 2.41. The van der Waals surface area contributed by atoms with E-state index in [-0.39, 0.29) is 11.7 Å². The summed E-state index contributed by atoms with van der Waals surface area (Å²) in [6, 6.07) is 3.49. The van der Waals surface area contributed by atoms with E-state index in [1.807, 2.05) is 4.90 Å². The van der Waals surface area contributed by atoms with Gasteiger partial charge in [0.15, 0.2) is 11.5 Å². The maximum Gasteiger partial charge on any atom is 0.277 e. The molecule has 0 N–H and O–H groups in total. The Bertz CT molecular complexity index is 793. The van der Waals surface area contributed by atoms with Crippen molar-refractivity contribution in [2.45, 2.75) is 37.3 Å². The summed E-state index contributed by atoms with van der Waals surface area (Å²) < 4.78 is 21.8. The molecule has 1 aromatic carbocycles. The van der Waals surface area contributed by atoms with Crippen molar-refractivity contribution in [1.29, 1.82) is 0 Å². The first-order valence-corrected chi connectivity index (χ1v) is 10.7. The number of rotatable bonds is 7. The fourth-order valence-corrected chi connectivity index (χ4v) is 3.97. The molecule has 0 saturated carbocycles. The molecular weight excluding hydrogens is 394 g/mol. The molecule has 1 aliphatic rings. The van der Waals surface area contributed by atoms with Gasteiger partial charge in [-0.15, -0.1) is 10.2 Å². The Hall–Kier alpha value is -2.42. The van der Waals surface area contributed by atoms with Gasteiger partial charge in [0, 0.05) is 18.7 Å². The Kier molecular flexibility index (Phi) is 7.62. The third kappa shape index (κ3) is 5.35. The molecule has 29 heavy (non-hydrogen) atoms. The lowest BCUT2D eigenvalue weighted by Gasteiger charge is -2.24. The van der Waals surface area contributed by atoms with Crippen LogP contribution in [0.2, 0.25) is 0 Å². The van der Waals surface area contributed by atoms with Crippen LogP contribution in [0.3, 0.4) is 0 Å². The van der Waals surface area contributed by atoms with Gasteiger partial charge in [0.05, 0.1) is 27.1 Å². The smallest absolute Gasteiger partial charge is 0.277 e. The normalized spacial score (nSPS) is 14.8. The predicted molar refractivity (Wildman–Crippen MR) is 110 cm³/mol. The van der Waals surface area contributed by atoms with Gasteiger partial charge in [-0.3, -0.25) is 4.79 Å². The van der Waals surface area contributed by atoms with Gasteiger partial charge in [0.2, 0.25) is 17.5 Å². The lowest BCUT2D eigenvalue weighted by Crippen LogP contribution is -2.35. The van der Waals surface area contributed by atoms with E-state index in [1.165, 1.54) is 31.0 Å². The second-order valence-electron chi connectivity index (χ2n) is 6.72. The number of aromatic nitrogens is 2. The van der Waals surface area contributed by atoms with Crippen molar-refractivity contribution in [3.63, 3.8) is 0 Å². The highest BCUT2D eigenvalue weighted by Gasteiger charge is 2.19. The lowest BCUT2D eigenvalue weighted by molar-refractivity contribution is -0.128. The van der Waals surface area contributed by atoms with E-state index in [0.717, 1.165) is 25.9 Å². The number of ether oxygens (including phenoxy) is 3. The number of thioether (sulfide) groups is 1. The molecule has 1 fully saturated rings. The molecule has 1 amide bonds. The van der Waals surface area contributed by atoms with E-state index >= 15 is 0 Å². The highest BCUT2D eigenvalue weighted by molar-refractivity contribution is 7.99. The molecule has 8 nitrogen and oxygen atoms in total. The van der Waals surface area contributed by atoms with Gasteiger partial charge < -0.3 is 23.5 Å². The molecule has 0 aliphatic carbocycles. The summed E-state index contributed by atoms with van der Waals surface area (Å²) in [6.45, 7) is 1.67. The Morgan fingerprint density at radius 2 is 1.62 bits per heavy atom. The molecule has 158 valence electrons. The van der Waals surface area contributed by atoms with E-state index in [4.69, 9.17) is 18.6 Å². The summed E-state index contributed by atoms with van der Waals surface area (Å²) >= 11 is 1.26. The number of hydrogen-bond donors (Lipinski definition) is 0. The van der Waals surface area contributed by atoms with Crippen LogP contribution >= 0.6 is 11.8 Å².